The van der Waals surface area contributed by atoms with Crippen LogP contribution < -0.4 is 16.4 Å². The Morgan fingerprint density at radius 2 is 1.50 bits per heavy atom. The van der Waals surface area contributed by atoms with Gasteiger partial charge in [0.15, 0.2) is 0 Å². The van der Waals surface area contributed by atoms with Crippen LogP contribution in [0, 0.1) is 0 Å². The zero-order chi connectivity index (χ0) is 15.8. The largest absolute Gasteiger partial charge is 0.351 e. The first kappa shape index (κ1) is 17.0. The van der Waals surface area contributed by atoms with Crippen LogP contribution in [0.15, 0.2) is 12.2 Å². The molecular formula is C17H29N3O2. The first-order chi connectivity index (χ1) is 10.7. The summed E-state index contributed by atoms with van der Waals surface area (Å²) in [5.41, 5.74) is 5.98. The maximum atomic E-state index is 12.2. The van der Waals surface area contributed by atoms with Crippen molar-refractivity contribution in [3.63, 3.8) is 0 Å². The molecule has 1 heterocycles. The van der Waals surface area contributed by atoms with Gasteiger partial charge in [-0.3, -0.25) is 9.59 Å². The molecule has 2 aliphatic rings. The molecule has 2 amide bonds. The molecule has 0 spiro atoms. The molecule has 22 heavy (non-hydrogen) atoms. The molecule has 1 unspecified atom stereocenters. The number of nitrogens with two attached hydrogens (primary N) is 1. The van der Waals surface area contributed by atoms with Gasteiger partial charge in [-0.1, -0.05) is 25.0 Å². The fourth-order valence-corrected chi connectivity index (χ4v) is 3.25. The number of allylic oxidation sites excluding steroid dienone is 2. The molecule has 1 aliphatic heterocycles. The predicted octanol–water partition coefficient (Wildman–Crippen LogP) is 1.77. The number of hydrogen-bond donors (Lipinski definition) is 3. The van der Waals surface area contributed by atoms with Crippen molar-refractivity contribution in [1.82, 2.24) is 10.6 Å². The van der Waals surface area contributed by atoms with Gasteiger partial charge in [0.1, 0.15) is 0 Å². The Labute approximate surface area is 133 Å². The zero-order valence-corrected chi connectivity index (χ0v) is 13.4. The van der Waals surface area contributed by atoms with Gasteiger partial charge >= 0.3 is 0 Å². The molecular weight excluding hydrogens is 278 g/mol. The van der Waals surface area contributed by atoms with Crippen molar-refractivity contribution in [3.05, 3.63) is 12.2 Å². The van der Waals surface area contributed by atoms with Crippen molar-refractivity contribution in [2.24, 2.45) is 5.73 Å². The highest BCUT2D eigenvalue weighted by atomic mass is 16.2. The van der Waals surface area contributed by atoms with Crippen LogP contribution in [0.1, 0.15) is 64.2 Å². The topological polar surface area (TPSA) is 84.2 Å². The molecule has 5 nitrogen and oxygen atoms in total. The summed E-state index contributed by atoms with van der Waals surface area (Å²) in [4.78, 5) is 24.3. The van der Waals surface area contributed by atoms with Crippen LogP contribution in [0.5, 0.6) is 0 Å². The molecule has 0 aromatic carbocycles. The number of fused-ring (bicyclic) bond motifs is 1. The molecule has 1 saturated carbocycles. The van der Waals surface area contributed by atoms with Gasteiger partial charge in [0.25, 0.3) is 0 Å². The lowest BCUT2D eigenvalue weighted by molar-refractivity contribution is -0.125. The van der Waals surface area contributed by atoms with Crippen molar-refractivity contribution in [2.45, 2.75) is 82.3 Å². The van der Waals surface area contributed by atoms with Gasteiger partial charge in [0, 0.05) is 18.5 Å². The summed E-state index contributed by atoms with van der Waals surface area (Å²) in [5, 5.41) is 6.17. The van der Waals surface area contributed by atoms with E-state index in [-0.39, 0.29) is 23.9 Å². The zero-order valence-electron chi connectivity index (χ0n) is 13.4. The van der Waals surface area contributed by atoms with E-state index in [1.165, 1.54) is 0 Å². The first-order valence-corrected chi connectivity index (χ1v) is 8.67. The van der Waals surface area contributed by atoms with Crippen molar-refractivity contribution >= 4 is 11.8 Å². The maximum absolute atomic E-state index is 12.2. The van der Waals surface area contributed by atoms with Gasteiger partial charge in [-0.15, -0.1) is 0 Å². The van der Waals surface area contributed by atoms with Gasteiger partial charge in [-0.25, -0.2) is 0 Å². The molecule has 1 aliphatic carbocycles. The molecule has 0 radical (unpaired) electrons. The third-order valence-corrected chi connectivity index (χ3v) is 4.60. The summed E-state index contributed by atoms with van der Waals surface area (Å²) in [5.74, 6) is 0.0173. The summed E-state index contributed by atoms with van der Waals surface area (Å²) >= 11 is 0. The Morgan fingerprint density at radius 1 is 0.864 bits per heavy atom. The van der Waals surface area contributed by atoms with Crippen molar-refractivity contribution in [1.29, 1.82) is 0 Å². The van der Waals surface area contributed by atoms with E-state index in [9.17, 15) is 9.59 Å². The van der Waals surface area contributed by atoms with Crippen LogP contribution >= 0.6 is 0 Å². The molecule has 124 valence electrons. The SMILES string of the molecule is NC1CCCC=CCCCC(=O)N[C@H]2CCCC[C@H]2NC1=O. The summed E-state index contributed by atoms with van der Waals surface area (Å²) in [6, 6.07) is -0.366. The minimum atomic E-state index is -0.447. The average Bonchev–Trinajstić information content (AvgIpc) is 2.51. The minimum absolute atomic E-state index is 0.0273. The monoisotopic (exact) mass is 307 g/mol. The van der Waals surface area contributed by atoms with Gasteiger partial charge in [0.2, 0.25) is 11.8 Å². The third kappa shape index (κ3) is 5.44. The minimum Gasteiger partial charge on any atom is -0.351 e. The summed E-state index contributed by atoms with van der Waals surface area (Å²) in [6.07, 6.45) is 13.3. The van der Waals surface area contributed by atoms with Crippen LogP contribution in [0.3, 0.4) is 0 Å². The summed E-state index contributed by atoms with van der Waals surface area (Å²) in [6.45, 7) is 0. The summed E-state index contributed by atoms with van der Waals surface area (Å²) in [7, 11) is 0. The van der Waals surface area contributed by atoms with E-state index in [4.69, 9.17) is 5.73 Å². The van der Waals surface area contributed by atoms with Crippen molar-refractivity contribution in [3.8, 4) is 0 Å². The Hall–Kier alpha value is -1.36. The quantitative estimate of drug-likeness (QED) is 0.596. The normalized spacial score (nSPS) is 32.1. The number of rotatable bonds is 0. The lowest BCUT2D eigenvalue weighted by Crippen LogP contribution is -2.56. The second kappa shape index (κ2) is 8.93. The molecule has 0 bridgehead atoms. The summed E-state index contributed by atoms with van der Waals surface area (Å²) < 4.78 is 0. The Bertz CT molecular complexity index is 409. The maximum Gasteiger partial charge on any atom is 0.237 e. The van der Waals surface area contributed by atoms with Crippen LogP contribution in [-0.2, 0) is 9.59 Å². The van der Waals surface area contributed by atoms with Gasteiger partial charge in [0.05, 0.1) is 6.04 Å². The molecule has 5 heteroatoms. The smallest absolute Gasteiger partial charge is 0.237 e. The lowest BCUT2D eigenvalue weighted by Gasteiger charge is -2.33. The highest BCUT2D eigenvalue weighted by Gasteiger charge is 2.28. The van der Waals surface area contributed by atoms with E-state index in [0.717, 1.165) is 51.4 Å². The highest BCUT2D eigenvalue weighted by molar-refractivity contribution is 5.82. The molecule has 2 rings (SSSR count). The molecule has 1 fully saturated rings. The second-order valence-corrected chi connectivity index (χ2v) is 6.47. The average molecular weight is 307 g/mol. The Kier molecular flexibility index (Phi) is 6.90. The lowest BCUT2D eigenvalue weighted by atomic mass is 9.89. The van der Waals surface area contributed by atoms with Gasteiger partial charge in [-0.05, 0) is 44.9 Å². The molecule has 0 aromatic heterocycles. The van der Waals surface area contributed by atoms with Gasteiger partial charge in [-0.2, -0.15) is 0 Å². The van der Waals surface area contributed by atoms with E-state index in [0.29, 0.717) is 12.8 Å². The molecule has 0 aromatic rings. The number of amides is 2. The van der Waals surface area contributed by atoms with Crippen LogP contribution in [0.2, 0.25) is 0 Å². The number of carbonyl (C=O) groups is 2. The van der Waals surface area contributed by atoms with E-state index in [2.05, 4.69) is 22.8 Å². The molecule has 3 atom stereocenters. The predicted molar refractivity (Wildman–Crippen MR) is 87.1 cm³/mol. The van der Waals surface area contributed by atoms with Crippen molar-refractivity contribution < 1.29 is 9.59 Å². The Balaban J connectivity index is 2.00. The van der Waals surface area contributed by atoms with Crippen LogP contribution in [0.25, 0.3) is 0 Å². The standard InChI is InChI=1S/C17H29N3O2/c18-13-9-5-3-1-2-4-6-12-16(21)19-14-10-7-8-11-15(14)20-17(13)22/h1-2,13-15H,3-12,18H2,(H,19,21)(H,20,22)/t13?,14-,15+/m0/s1. The van der Waals surface area contributed by atoms with E-state index in [1.54, 1.807) is 0 Å². The molecule has 0 saturated heterocycles. The first-order valence-electron chi connectivity index (χ1n) is 8.67. The second-order valence-electron chi connectivity index (χ2n) is 6.47. The van der Waals surface area contributed by atoms with Crippen molar-refractivity contribution in [2.75, 3.05) is 0 Å². The van der Waals surface area contributed by atoms with E-state index in [1.807, 2.05) is 0 Å². The third-order valence-electron chi connectivity index (χ3n) is 4.60. The van der Waals surface area contributed by atoms with E-state index >= 15 is 0 Å². The number of nitrogens with one attached hydrogen (secondary N) is 2. The molecule has 4 N–H and O–H groups in total. The van der Waals surface area contributed by atoms with E-state index < -0.39 is 6.04 Å². The number of hydrogen-bond acceptors (Lipinski definition) is 3. The highest BCUT2D eigenvalue weighted by Crippen LogP contribution is 2.19. The Morgan fingerprint density at radius 3 is 2.23 bits per heavy atom. The number of carbonyl (C=O) groups excluding carboxylic acids is 2. The fourth-order valence-electron chi connectivity index (χ4n) is 3.25. The fraction of sp³-hybridized carbons (Fsp3) is 0.765. The van der Waals surface area contributed by atoms with Gasteiger partial charge < -0.3 is 16.4 Å². The van der Waals surface area contributed by atoms with Crippen LogP contribution in [-0.4, -0.2) is 29.9 Å². The van der Waals surface area contributed by atoms with Crippen LogP contribution in [0.4, 0.5) is 0 Å².